The Morgan fingerprint density at radius 1 is 1.25 bits per heavy atom. The van der Waals surface area contributed by atoms with Crippen LogP contribution < -0.4 is 0 Å². The molecule has 0 nitrogen and oxygen atoms in total. The van der Waals surface area contributed by atoms with Crippen LogP contribution in [0.5, 0.6) is 0 Å². The van der Waals surface area contributed by atoms with E-state index in [2.05, 4.69) is 20.8 Å². The van der Waals surface area contributed by atoms with E-state index in [0.717, 1.165) is 17.7 Å². The van der Waals surface area contributed by atoms with Crippen LogP contribution in [0.2, 0.25) is 0 Å². The normalized spacial score (nSPS) is 32.6. The Kier molecular flexibility index (Phi) is 6.18. The fourth-order valence-electron chi connectivity index (χ4n) is 3.23. The average molecular weight is 245 g/mol. The topological polar surface area (TPSA) is 0 Å². The summed E-state index contributed by atoms with van der Waals surface area (Å²) in [6, 6.07) is 0. The molecule has 1 aliphatic rings. The third kappa shape index (κ3) is 3.39. The molecule has 0 N–H and O–H groups in total. The molecule has 0 aromatic carbocycles. The van der Waals surface area contributed by atoms with E-state index in [1.165, 1.54) is 51.4 Å². The van der Waals surface area contributed by atoms with E-state index in [1.54, 1.807) is 0 Å². The first-order chi connectivity index (χ1) is 7.68. The Balaban J connectivity index is 2.44. The van der Waals surface area contributed by atoms with E-state index in [4.69, 9.17) is 11.6 Å². The number of unbranched alkanes of at least 4 members (excludes halogenated alkanes) is 1. The van der Waals surface area contributed by atoms with E-state index in [9.17, 15) is 0 Å². The largest absolute Gasteiger partial charge is 0.126 e. The second-order valence-electron chi connectivity index (χ2n) is 5.89. The van der Waals surface area contributed by atoms with Gasteiger partial charge in [0.25, 0.3) is 0 Å². The van der Waals surface area contributed by atoms with Crippen molar-refractivity contribution in [3.05, 3.63) is 0 Å². The van der Waals surface area contributed by atoms with Gasteiger partial charge in [-0.15, -0.1) is 11.6 Å². The minimum Gasteiger partial charge on any atom is -0.126 e. The molecule has 0 bridgehead atoms. The van der Waals surface area contributed by atoms with Crippen molar-refractivity contribution in [3.8, 4) is 0 Å². The Morgan fingerprint density at radius 3 is 2.31 bits per heavy atom. The summed E-state index contributed by atoms with van der Waals surface area (Å²) < 4.78 is 0. The molecule has 0 aliphatic heterocycles. The fraction of sp³-hybridized carbons (Fsp3) is 1.00. The second-order valence-corrected chi connectivity index (χ2v) is 6.16. The molecule has 0 aromatic rings. The second kappa shape index (κ2) is 6.89. The zero-order chi connectivity index (χ0) is 12.0. The SMILES string of the molecule is CCCCC1CCC(CCl)(C(C)CC)CC1. The summed E-state index contributed by atoms with van der Waals surface area (Å²) in [7, 11) is 0. The highest BCUT2D eigenvalue weighted by Crippen LogP contribution is 2.47. The van der Waals surface area contributed by atoms with Crippen molar-refractivity contribution in [2.75, 3.05) is 5.88 Å². The highest BCUT2D eigenvalue weighted by Gasteiger charge is 2.37. The Labute approximate surface area is 107 Å². The van der Waals surface area contributed by atoms with Gasteiger partial charge < -0.3 is 0 Å². The molecule has 0 spiro atoms. The molecule has 0 amide bonds. The monoisotopic (exact) mass is 244 g/mol. The predicted octanol–water partition coefficient (Wildman–Crippen LogP) is 5.64. The van der Waals surface area contributed by atoms with Crippen LogP contribution in [-0.4, -0.2) is 5.88 Å². The maximum absolute atomic E-state index is 6.26. The van der Waals surface area contributed by atoms with Crippen molar-refractivity contribution >= 4 is 11.6 Å². The Morgan fingerprint density at radius 2 is 1.88 bits per heavy atom. The van der Waals surface area contributed by atoms with Gasteiger partial charge in [0.1, 0.15) is 0 Å². The summed E-state index contributed by atoms with van der Waals surface area (Å²) in [6.45, 7) is 7.00. The first kappa shape index (κ1) is 14.4. The van der Waals surface area contributed by atoms with Crippen LogP contribution in [0.3, 0.4) is 0 Å². The molecule has 0 heterocycles. The van der Waals surface area contributed by atoms with Crippen molar-refractivity contribution in [1.82, 2.24) is 0 Å². The molecule has 0 saturated heterocycles. The van der Waals surface area contributed by atoms with Crippen LogP contribution in [0, 0.1) is 17.3 Å². The first-order valence-corrected chi connectivity index (χ1v) is 7.78. The third-order valence-corrected chi connectivity index (χ3v) is 5.52. The number of rotatable bonds is 6. The molecule has 1 rings (SSSR count). The van der Waals surface area contributed by atoms with Crippen molar-refractivity contribution in [2.24, 2.45) is 17.3 Å². The predicted molar refractivity (Wildman–Crippen MR) is 74.1 cm³/mol. The van der Waals surface area contributed by atoms with Crippen LogP contribution >= 0.6 is 11.6 Å². The van der Waals surface area contributed by atoms with Crippen LogP contribution in [0.4, 0.5) is 0 Å². The lowest BCUT2D eigenvalue weighted by Gasteiger charge is -2.43. The van der Waals surface area contributed by atoms with Gasteiger partial charge in [-0.05, 0) is 42.9 Å². The minimum atomic E-state index is 0.471. The number of halogens is 1. The van der Waals surface area contributed by atoms with Gasteiger partial charge in [-0.25, -0.2) is 0 Å². The maximum Gasteiger partial charge on any atom is 0.0282 e. The van der Waals surface area contributed by atoms with Crippen molar-refractivity contribution in [1.29, 1.82) is 0 Å². The molecular weight excluding hydrogens is 216 g/mol. The molecule has 0 aromatic heterocycles. The van der Waals surface area contributed by atoms with Gasteiger partial charge in [0, 0.05) is 5.88 Å². The number of hydrogen-bond donors (Lipinski definition) is 0. The molecule has 1 saturated carbocycles. The molecule has 1 aliphatic carbocycles. The minimum absolute atomic E-state index is 0.471. The van der Waals surface area contributed by atoms with Crippen LogP contribution in [0.25, 0.3) is 0 Å². The third-order valence-electron chi connectivity index (χ3n) is 4.99. The average Bonchev–Trinajstić information content (AvgIpc) is 2.36. The smallest absolute Gasteiger partial charge is 0.0282 e. The Hall–Kier alpha value is 0.290. The van der Waals surface area contributed by atoms with Gasteiger partial charge in [0.15, 0.2) is 0 Å². The molecular formula is C15H29Cl. The molecule has 1 fully saturated rings. The molecule has 1 heteroatoms. The number of alkyl halides is 1. The summed E-state index contributed by atoms with van der Waals surface area (Å²) >= 11 is 6.26. The lowest BCUT2D eigenvalue weighted by atomic mass is 9.64. The lowest BCUT2D eigenvalue weighted by Crippen LogP contribution is -2.35. The summed E-state index contributed by atoms with van der Waals surface area (Å²) in [5.41, 5.74) is 0.471. The van der Waals surface area contributed by atoms with Crippen LogP contribution in [0.15, 0.2) is 0 Å². The number of hydrogen-bond acceptors (Lipinski definition) is 0. The van der Waals surface area contributed by atoms with Crippen LogP contribution in [-0.2, 0) is 0 Å². The zero-order valence-electron chi connectivity index (χ0n) is 11.4. The summed E-state index contributed by atoms with van der Waals surface area (Å²) in [4.78, 5) is 0. The molecule has 96 valence electrons. The van der Waals surface area contributed by atoms with E-state index >= 15 is 0 Å². The molecule has 1 atom stereocenters. The standard InChI is InChI=1S/C15H29Cl/c1-4-6-7-14-8-10-15(12-16,11-9-14)13(3)5-2/h13-14H,4-12H2,1-3H3. The van der Waals surface area contributed by atoms with Crippen molar-refractivity contribution in [3.63, 3.8) is 0 Å². The van der Waals surface area contributed by atoms with Gasteiger partial charge in [-0.2, -0.15) is 0 Å². The highest BCUT2D eigenvalue weighted by atomic mass is 35.5. The highest BCUT2D eigenvalue weighted by molar-refractivity contribution is 6.18. The summed E-state index contributed by atoms with van der Waals surface area (Å²) in [5, 5.41) is 0. The van der Waals surface area contributed by atoms with Crippen molar-refractivity contribution in [2.45, 2.75) is 72.1 Å². The quantitative estimate of drug-likeness (QED) is 0.531. The van der Waals surface area contributed by atoms with Gasteiger partial charge in [0.05, 0.1) is 0 Å². The summed E-state index contributed by atoms with van der Waals surface area (Å²) in [5.74, 6) is 2.68. The van der Waals surface area contributed by atoms with Gasteiger partial charge >= 0.3 is 0 Å². The molecule has 16 heavy (non-hydrogen) atoms. The molecule has 1 unspecified atom stereocenters. The van der Waals surface area contributed by atoms with E-state index in [1.807, 2.05) is 0 Å². The maximum atomic E-state index is 6.26. The van der Waals surface area contributed by atoms with E-state index in [0.29, 0.717) is 5.41 Å². The van der Waals surface area contributed by atoms with Gasteiger partial charge in [-0.1, -0.05) is 46.5 Å². The first-order valence-electron chi connectivity index (χ1n) is 7.24. The Bertz CT molecular complexity index is 180. The van der Waals surface area contributed by atoms with E-state index in [-0.39, 0.29) is 0 Å². The van der Waals surface area contributed by atoms with Crippen molar-refractivity contribution < 1.29 is 0 Å². The fourth-order valence-corrected chi connectivity index (χ4v) is 3.76. The van der Waals surface area contributed by atoms with Gasteiger partial charge in [0.2, 0.25) is 0 Å². The van der Waals surface area contributed by atoms with Crippen LogP contribution in [0.1, 0.15) is 72.1 Å². The summed E-state index contributed by atoms with van der Waals surface area (Å²) in [6.07, 6.45) is 11.1. The van der Waals surface area contributed by atoms with Gasteiger partial charge in [-0.3, -0.25) is 0 Å². The zero-order valence-corrected chi connectivity index (χ0v) is 12.2. The lowest BCUT2D eigenvalue weighted by molar-refractivity contribution is 0.0998. The molecule has 0 radical (unpaired) electrons. The van der Waals surface area contributed by atoms with E-state index < -0.39 is 0 Å².